The van der Waals surface area contributed by atoms with Crippen molar-refractivity contribution in [3.8, 4) is 0 Å². The van der Waals surface area contributed by atoms with Crippen molar-refractivity contribution >= 4 is 11.9 Å². The van der Waals surface area contributed by atoms with Crippen LogP contribution in [-0.4, -0.2) is 49.2 Å². The number of carboxylic acid groups (broad SMARTS) is 1. The van der Waals surface area contributed by atoms with Gasteiger partial charge in [-0.05, 0) is 12.8 Å². The Morgan fingerprint density at radius 3 is 2.40 bits per heavy atom. The summed E-state index contributed by atoms with van der Waals surface area (Å²) in [6.07, 6.45) is 1.73. The monoisotopic (exact) mass is 217 g/mol. The van der Waals surface area contributed by atoms with Gasteiger partial charge in [0, 0.05) is 33.5 Å². The lowest BCUT2D eigenvalue weighted by molar-refractivity contribution is -0.137. The highest BCUT2D eigenvalue weighted by molar-refractivity contribution is 5.75. The minimum Gasteiger partial charge on any atom is -0.481 e. The number of unbranched alkanes of at least 4 members (excludes halogenated alkanes) is 1. The maximum absolute atomic E-state index is 11.4. The Labute approximate surface area is 90.0 Å². The van der Waals surface area contributed by atoms with Gasteiger partial charge in [-0.1, -0.05) is 0 Å². The number of aliphatic carboxylic acids is 1. The molecule has 0 fully saturated rings. The molecule has 1 N–H and O–H groups in total. The zero-order valence-corrected chi connectivity index (χ0v) is 9.36. The summed E-state index contributed by atoms with van der Waals surface area (Å²) in [5.74, 6) is -0.771. The van der Waals surface area contributed by atoms with Gasteiger partial charge in [0.05, 0.1) is 6.61 Å². The predicted molar refractivity (Wildman–Crippen MR) is 55.6 cm³/mol. The van der Waals surface area contributed by atoms with Gasteiger partial charge in [-0.2, -0.15) is 0 Å². The van der Waals surface area contributed by atoms with Crippen LogP contribution in [0.3, 0.4) is 0 Å². The van der Waals surface area contributed by atoms with Crippen molar-refractivity contribution in [2.45, 2.75) is 25.7 Å². The lowest BCUT2D eigenvalue weighted by Gasteiger charge is -2.16. The Bertz CT molecular complexity index is 206. The average molecular weight is 217 g/mol. The van der Waals surface area contributed by atoms with Crippen LogP contribution < -0.4 is 0 Å². The molecule has 0 radical (unpaired) electrons. The molecule has 0 bridgehead atoms. The number of ether oxygens (including phenoxy) is 1. The third-order valence-electron chi connectivity index (χ3n) is 2.09. The fourth-order valence-electron chi connectivity index (χ4n) is 1.10. The number of carboxylic acids is 1. The normalized spacial score (nSPS) is 10.0. The van der Waals surface area contributed by atoms with E-state index in [1.165, 1.54) is 0 Å². The van der Waals surface area contributed by atoms with Gasteiger partial charge in [0.2, 0.25) is 5.91 Å². The van der Waals surface area contributed by atoms with E-state index in [2.05, 4.69) is 0 Å². The number of carbonyl (C=O) groups excluding carboxylic acids is 1. The molecular formula is C10H19NO4. The molecule has 5 heteroatoms. The first-order valence-corrected chi connectivity index (χ1v) is 5.02. The lowest BCUT2D eigenvalue weighted by Crippen LogP contribution is -2.29. The topological polar surface area (TPSA) is 66.8 Å². The fourth-order valence-corrected chi connectivity index (χ4v) is 1.10. The highest BCUT2D eigenvalue weighted by Gasteiger charge is 2.07. The van der Waals surface area contributed by atoms with Crippen molar-refractivity contribution in [1.29, 1.82) is 0 Å². The minimum atomic E-state index is -0.810. The van der Waals surface area contributed by atoms with Gasteiger partial charge in [0.15, 0.2) is 0 Å². The second kappa shape index (κ2) is 8.23. The molecule has 0 aromatic rings. The van der Waals surface area contributed by atoms with E-state index in [-0.39, 0.29) is 12.3 Å². The van der Waals surface area contributed by atoms with Crippen molar-refractivity contribution in [2.24, 2.45) is 0 Å². The quantitative estimate of drug-likeness (QED) is 0.609. The Hall–Kier alpha value is -1.10. The first-order valence-electron chi connectivity index (χ1n) is 5.02. The van der Waals surface area contributed by atoms with Gasteiger partial charge in [0.1, 0.15) is 0 Å². The van der Waals surface area contributed by atoms with Crippen LogP contribution in [-0.2, 0) is 14.3 Å². The molecule has 0 saturated carbocycles. The number of carbonyl (C=O) groups is 2. The smallest absolute Gasteiger partial charge is 0.303 e. The number of methoxy groups -OCH3 is 1. The molecule has 0 aliphatic rings. The summed E-state index contributed by atoms with van der Waals surface area (Å²) in [5, 5.41) is 8.39. The van der Waals surface area contributed by atoms with Crippen LogP contribution in [0, 0.1) is 0 Å². The molecule has 0 atom stereocenters. The molecule has 88 valence electrons. The van der Waals surface area contributed by atoms with E-state index in [4.69, 9.17) is 9.84 Å². The molecule has 0 aromatic heterocycles. The molecular weight excluding hydrogens is 198 g/mol. The van der Waals surface area contributed by atoms with Crippen molar-refractivity contribution in [2.75, 3.05) is 27.3 Å². The molecule has 0 unspecified atom stereocenters. The van der Waals surface area contributed by atoms with Crippen molar-refractivity contribution in [1.82, 2.24) is 4.90 Å². The van der Waals surface area contributed by atoms with Crippen molar-refractivity contribution in [3.05, 3.63) is 0 Å². The van der Waals surface area contributed by atoms with Gasteiger partial charge in [-0.3, -0.25) is 9.59 Å². The van der Waals surface area contributed by atoms with Crippen LogP contribution in [0.2, 0.25) is 0 Å². The molecule has 0 spiro atoms. The minimum absolute atomic E-state index is 0.0393. The van der Waals surface area contributed by atoms with Gasteiger partial charge >= 0.3 is 5.97 Å². The van der Waals surface area contributed by atoms with Gasteiger partial charge in [-0.25, -0.2) is 0 Å². The largest absolute Gasteiger partial charge is 0.481 e. The predicted octanol–water partition coefficient (Wildman–Crippen LogP) is 0.736. The van der Waals surface area contributed by atoms with Crippen LogP contribution in [0.5, 0.6) is 0 Å². The van der Waals surface area contributed by atoms with Crippen LogP contribution in [0.25, 0.3) is 0 Å². The number of nitrogens with zero attached hydrogens (tertiary/aromatic N) is 1. The average Bonchev–Trinajstić information content (AvgIpc) is 2.20. The molecule has 0 aliphatic carbocycles. The maximum Gasteiger partial charge on any atom is 0.303 e. The van der Waals surface area contributed by atoms with E-state index in [0.29, 0.717) is 32.4 Å². The Morgan fingerprint density at radius 1 is 1.27 bits per heavy atom. The molecule has 0 rings (SSSR count). The van der Waals surface area contributed by atoms with Crippen molar-refractivity contribution in [3.63, 3.8) is 0 Å². The Balaban J connectivity index is 3.51. The summed E-state index contributed by atoms with van der Waals surface area (Å²) < 4.78 is 4.85. The van der Waals surface area contributed by atoms with Gasteiger partial charge in [0.25, 0.3) is 0 Å². The highest BCUT2D eigenvalue weighted by atomic mass is 16.5. The standard InChI is InChI=1S/C10H19NO4/c1-11(7-8-15-2)9(12)5-3-4-6-10(13)14/h3-8H2,1-2H3,(H,13,14). The number of amides is 1. The zero-order chi connectivity index (χ0) is 11.7. The summed E-state index contributed by atoms with van der Waals surface area (Å²) in [6, 6.07) is 0. The molecule has 0 aromatic carbocycles. The lowest BCUT2D eigenvalue weighted by atomic mass is 10.2. The molecule has 0 heterocycles. The van der Waals surface area contributed by atoms with E-state index >= 15 is 0 Å². The van der Waals surface area contributed by atoms with E-state index in [1.807, 2.05) is 0 Å². The fraction of sp³-hybridized carbons (Fsp3) is 0.800. The Morgan fingerprint density at radius 2 is 1.87 bits per heavy atom. The third kappa shape index (κ3) is 7.93. The molecule has 0 aliphatic heterocycles. The summed E-state index contributed by atoms with van der Waals surface area (Å²) in [6.45, 7) is 1.10. The first-order chi connectivity index (χ1) is 7.07. The summed E-state index contributed by atoms with van der Waals surface area (Å²) in [4.78, 5) is 23.2. The Kier molecular flexibility index (Phi) is 7.62. The second-order valence-electron chi connectivity index (χ2n) is 3.41. The SMILES string of the molecule is COCCN(C)C(=O)CCCCC(=O)O. The van der Waals surface area contributed by atoms with Crippen LogP contribution in [0.15, 0.2) is 0 Å². The number of hydrogen-bond acceptors (Lipinski definition) is 3. The maximum atomic E-state index is 11.4. The second-order valence-corrected chi connectivity index (χ2v) is 3.41. The van der Waals surface area contributed by atoms with E-state index in [0.717, 1.165) is 0 Å². The summed E-state index contributed by atoms with van der Waals surface area (Å²) >= 11 is 0. The molecule has 15 heavy (non-hydrogen) atoms. The third-order valence-corrected chi connectivity index (χ3v) is 2.09. The highest BCUT2D eigenvalue weighted by Crippen LogP contribution is 2.02. The molecule has 5 nitrogen and oxygen atoms in total. The summed E-state index contributed by atoms with van der Waals surface area (Å²) in [7, 11) is 3.31. The van der Waals surface area contributed by atoms with Crippen LogP contribution in [0.4, 0.5) is 0 Å². The van der Waals surface area contributed by atoms with Crippen LogP contribution >= 0.6 is 0 Å². The van der Waals surface area contributed by atoms with Crippen molar-refractivity contribution < 1.29 is 19.4 Å². The molecule has 1 amide bonds. The van der Waals surface area contributed by atoms with Gasteiger partial charge < -0.3 is 14.7 Å². The summed E-state index contributed by atoms with van der Waals surface area (Å²) in [5.41, 5.74) is 0. The number of hydrogen-bond donors (Lipinski definition) is 1. The van der Waals surface area contributed by atoms with E-state index in [1.54, 1.807) is 19.1 Å². The van der Waals surface area contributed by atoms with E-state index in [9.17, 15) is 9.59 Å². The number of likely N-dealkylation sites (N-methyl/N-ethyl adjacent to an activating group) is 1. The van der Waals surface area contributed by atoms with Gasteiger partial charge in [-0.15, -0.1) is 0 Å². The zero-order valence-electron chi connectivity index (χ0n) is 9.36. The first kappa shape index (κ1) is 13.9. The molecule has 0 saturated heterocycles. The van der Waals surface area contributed by atoms with E-state index < -0.39 is 5.97 Å². The number of rotatable bonds is 8. The van der Waals surface area contributed by atoms with Crippen LogP contribution in [0.1, 0.15) is 25.7 Å².